The van der Waals surface area contributed by atoms with Gasteiger partial charge in [-0.25, -0.2) is 4.39 Å². The van der Waals surface area contributed by atoms with Crippen molar-refractivity contribution in [2.24, 2.45) is 0 Å². The predicted molar refractivity (Wildman–Crippen MR) is 77.7 cm³/mol. The summed E-state index contributed by atoms with van der Waals surface area (Å²) >= 11 is 3.09. The monoisotopic (exact) mass is 335 g/mol. The van der Waals surface area contributed by atoms with E-state index < -0.39 is 5.82 Å². The zero-order valence-electron chi connectivity index (χ0n) is 10.5. The van der Waals surface area contributed by atoms with Crippen LogP contribution in [0.5, 0.6) is 5.75 Å². The van der Waals surface area contributed by atoms with Crippen molar-refractivity contribution in [2.45, 2.75) is 6.42 Å². The van der Waals surface area contributed by atoms with Crippen molar-refractivity contribution >= 4 is 27.5 Å². The van der Waals surface area contributed by atoms with Gasteiger partial charge in [0.2, 0.25) is 0 Å². The number of amides is 1. The van der Waals surface area contributed by atoms with E-state index in [0.717, 1.165) is 17.7 Å². The van der Waals surface area contributed by atoms with E-state index in [-0.39, 0.29) is 15.9 Å². The summed E-state index contributed by atoms with van der Waals surface area (Å²) in [6.07, 6.45) is 0.836. The summed E-state index contributed by atoms with van der Waals surface area (Å²) in [4.78, 5) is 12.1. The van der Waals surface area contributed by atoms with Crippen molar-refractivity contribution in [3.05, 3.63) is 57.8 Å². The van der Waals surface area contributed by atoms with Crippen LogP contribution in [0, 0.1) is 5.82 Å². The number of ether oxygens (including phenoxy) is 1. The van der Waals surface area contributed by atoms with Crippen LogP contribution in [0.25, 0.3) is 0 Å². The van der Waals surface area contributed by atoms with Gasteiger partial charge in [-0.15, -0.1) is 0 Å². The number of hydrogen-bond acceptors (Lipinski definition) is 2. The zero-order chi connectivity index (χ0) is 14.1. The summed E-state index contributed by atoms with van der Waals surface area (Å²) in [6, 6.07) is 9.86. The van der Waals surface area contributed by atoms with Crippen LogP contribution in [-0.2, 0) is 6.42 Å². The van der Waals surface area contributed by atoms with Crippen LogP contribution in [0.4, 0.5) is 10.1 Å². The minimum atomic E-state index is -0.458. The minimum absolute atomic E-state index is 0.169. The number of nitrogens with one attached hydrogen (secondary N) is 1. The highest BCUT2D eigenvalue weighted by Crippen LogP contribution is 2.28. The van der Waals surface area contributed by atoms with E-state index in [1.165, 1.54) is 12.1 Å². The average molecular weight is 336 g/mol. The van der Waals surface area contributed by atoms with E-state index in [1.807, 2.05) is 12.1 Å². The molecule has 1 aliphatic rings. The lowest BCUT2D eigenvalue weighted by Crippen LogP contribution is -2.13. The van der Waals surface area contributed by atoms with Gasteiger partial charge in [0.1, 0.15) is 11.6 Å². The molecule has 0 atom stereocenters. The third kappa shape index (κ3) is 2.41. The molecule has 0 aliphatic carbocycles. The number of carbonyl (C=O) groups is 1. The highest BCUT2D eigenvalue weighted by atomic mass is 79.9. The zero-order valence-corrected chi connectivity index (χ0v) is 12.0. The quantitative estimate of drug-likeness (QED) is 0.907. The Hall–Kier alpha value is -1.88. The third-order valence-corrected chi connectivity index (χ3v) is 3.95. The molecule has 0 bridgehead atoms. The van der Waals surface area contributed by atoms with Crippen molar-refractivity contribution in [3.63, 3.8) is 0 Å². The van der Waals surface area contributed by atoms with Gasteiger partial charge in [-0.3, -0.25) is 4.79 Å². The minimum Gasteiger partial charge on any atom is -0.493 e. The van der Waals surface area contributed by atoms with Crippen molar-refractivity contribution < 1.29 is 13.9 Å². The molecule has 3 rings (SSSR count). The van der Waals surface area contributed by atoms with Gasteiger partial charge in [0, 0.05) is 12.1 Å². The molecule has 0 saturated heterocycles. The van der Waals surface area contributed by atoms with Crippen molar-refractivity contribution in [1.82, 2.24) is 0 Å². The van der Waals surface area contributed by atoms with Crippen LogP contribution < -0.4 is 10.1 Å². The standard InChI is InChI=1S/C15H11BrFNO2/c16-14-11(2-1-3-12(14)17)15(19)18-10-4-5-13-9(8-10)6-7-20-13/h1-5,8H,6-7H2,(H,18,19). The van der Waals surface area contributed by atoms with Crippen LogP contribution in [0.2, 0.25) is 0 Å². The second-order valence-corrected chi connectivity index (χ2v) is 5.27. The fraction of sp³-hybridized carbons (Fsp3) is 0.133. The van der Waals surface area contributed by atoms with Crippen molar-refractivity contribution in [2.75, 3.05) is 11.9 Å². The molecule has 20 heavy (non-hydrogen) atoms. The number of anilines is 1. The molecule has 1 N–H and O–H groups in total. The molecule has 1 heterocycles. The molecule has 0 fully saturated rings. The lowest BCUT2D eigenvalue weighted by atomic mass is 10.1. The number of benzene rings is 2. The van der Waals surface area contributed by atoms with Crippen LogP contribution in [0.3, 0.4) is 0 Å². The molecule has 102 valence electrons. The van der Waals surface area contributed by atoms with E-state index in [2.05, 4.69) is 21.2 Å². The average Bonchev–Trinajstić information content (AvgIpc) is 2.89. The van der Waals surface area contributed by atoms with Gasteiger partial charge >= 0.3 is 0 Å². The maximum Gasteiger partial charge on any atom is 0.256 e. The molecular weight excluding hydrogens is 325 g/mol. The van der Waals surface area contributed by atoms with Gasteiger partial charge in [0.05, 0.1) is 16.6 Å². The number of rotatable bonds is 2. The molecular formula is C15H11BrFNO2. The first kappa shape index (κ1) is 13.1. The number of fused-ring (bicyclic) bond motifs is 1. The molecule has 2 aromatic carbocycles. The molecule has 5 heteroatoms. The summed E-state index contributed by atoms with van der Waals surface area (Å²) in [6.45, 7) is 0.669. The Labute approximate surface area is 123 Å². The molecule has 0 unspecified atom stereocenters. The molecule has 1 amide bonds. The Bertz CT molecular complexity index is 688. The molecule has 0 aromatic heterocycles. The maximum absolute atomic E-state index is 13.4. The van der Waals surface area contributed by atoms with Gasteiger partial charge in [-0.05, 0) is 51.8 Å². The van der Waals surface area contributed by atoms with Crippen LogP contribution in [-0.4, -0.2) is 12.5 Å². The lowest BCUT2D eigenvalue weighted by Gasteiger charge is -2.08. The van der Waals surface area contributed by atoms with E-state index in [0.29, 0.717) is 12.3 Å². The van der Waals surface area contributed by atoms with Gasteiger partial charge in [0.15, 0.2) is 0 Å². The Morgan fingerprint density at radius 1 is 1.30 bits per heavy atom. The first-order chi connectivity index (χ1) is 9.65. The Morgan fingerprint density at radius 2 is 2.15 bits per heavy atom. The van der Waals surface area contributed by atoms with Crippen LogP contribution in [0.1, 0.15) is 15.9 Å². The molecule has 2 aromatic rings. The summed E-state index contributed by atoms with van der Waals surface area (Å²) < 4.78 is 19.0. The molecule has 3 nitrogen and oxygen atoms in total. The second-order valence-electron chi connectivity index (χ2n) is 4.48. The fourth-order valence-corrected chi connectivity index (χ4v) is 2.59. The van der Waals surface area contributed by atoms with Gasteiger partial charge < -0.3 is 10.1 Å². The van der Waals surface area contributed by atoms with Crippen molar-refractivity contribution in [1.29, 1.82) is 0 Å². The molecule has 0 saturated carbocycles. The third-order valence-electron chi connectivity index (χ3n) is 3.14. The van der Waals surface area contributed by atoms with Crippen LogP contribution >= 0.6 is 15.9 Å². The highest BCUT2D eigenvalue weighted by molar-refractivity contribution is 9.10. The SMILES string of the molecule is O=C(Nc1ccc2c(c1)CCO2)c1cccc(F)c1Br. The predicted octanol–water partition coefficient (Wildman–Crippen LogP) is 3.78. The summed E-state index contributed by atoms with van der Waals surface area (Å²) in [5.41, 5.74) is 2.01. The summed E-state index contributed by atoms with van der Waals surface area (Å²) in [5.74, 6) is 0.0465. The van der Waals surface area contributed by atoms with E-state index in [4.69, 9.17) is 4.74 Å². The Balaban J connectivity index is 1.84. The largest absolute Gasteiger partial charge is 0.493 e. The summed E-state index contributed by atoms with van der Waals surface area (Å²) in [7, 11) is 0. The van der Waals surface area contributed by atoms with Crippen LogP contribution in [0.15, 0.2) is 40.9 Å². The first-order valence-electron chi connectivity index (χ1n) is 6.16. The molecule has 0 radical (unpaired) electrons. The topological polar surface area (TPSA) is 38.3 Å². The lowest BCUT2D eigenvalue weighted by molar-refractivity contribution is 0.102. The van der Waals surface area contributed by atoms with Gasteiger partial charge in [0.25, 0.3) is 5.91 Å². The van der Waals surface area contributed by atoms with Gasteiger partial charge in [-0.2, -0.15) is 0 Å². The smallest absolute Gasteiger partial charge is 0.256 e. The van der Waals surface area contributed by atoms with Gasteiger partial charge in [-0.1, -0.05) is 6.07 Å². The fourth-order valence-electron chi connectivity index (χ4n) is 2.14. The molecule has 0 spiro atoms. The number of halogens is 2. The normalized spacial score (nSPS) is 12.7. The Morgan fingerprint density at radius 3 is 3.00 bits per heavy atom. The first-order valence-corrected chi connectivity index (χ1v) is 6.95. The van der Waals surface area contributed by atoms with E-state index >= 15 is 0 Å². The maximum atomic E-state index is 13.4. The second kappa shape index (κ2) is 5.25. The highest BCUT2D eigenvalue weighted by Gasteiger charge is 2.16. The van der Waals surface area contributed by atoms with E-state index in [1.54, 1.807) is 12.1 Å². The number of carbonyl (C=O) groups excluding carboxylic acids is 1. The van der Waals surface area contributed by atoms with Crippen molar-refractivity contribution in [3.8, 4) is 5.75 Å². The summed E-state index contributed by atoms with van der Waals surface area (Å²) in [5, 5.41) is 2.76. The Kier molecular flexibility index (Phi) is 3.44. The number of hydrogen-bond donors (Lipinski definition) is 1. The molecule has 1 aliphatic heterocycles. The van der Waals surface area contributed by atoms with E-state index in [9.17, 15) is 9.18 Å².